The van der Waals surface area contributed by atoms with Crippen LogP contribution in [0.1, 0.15) is 48.1 Å². The second-order valence-corrected chi connectivity index (χ2v) is 9.49. The number of aliphatic hydroxyl groups excluding tert-OH is 1. The Bertz CT molecular complexity index is 1150. The van der Waals surface area contributed by atoms with Gasteiger partial charge in [0, 0.05) is 34.9 Å². The van der Waals surface area contributed by atoms with Gasteiger partial charge in [0.1, 0.15) is 24.9 Å². The summed E-state index contributed by atoms with van der Waals surface area (Å²) in [5.74, 6) is 1.89. The number of likely N-dealkylation sites (tertiary alicyclic amines) is 1. The Morgan fingerprint density at radius 3 is 2.63 bits per heavy atom. The number of halogens is 2. The number of rotatable bonds is 9. The molecule has 8 nitrogen and oxygen atoms in total. The summed E-state index contributed by atoms with van der Waals surface area (Å²) in [6.45, 7) is 3.96. The fourth-order valence-electron chi connectivity index (χ4n) is 4.57. The summed E-state index contributed by atoms with van der Waals surface area (Å²) in [4.78, 5) is 7.05. The minimum Gasteiger partial charge on any atom is -0.473 e. The molecule has 0 amide bonds. The second-order valence-electron chi connectivity index (χ2n) is 9.06. The van der Waals surface area contributed by atoms with Gasteiger partial charge in [-0.1, -0.05) is 23.7 Å². The van der Waals surface area contributed by atoms with Crippen molar-refractivity contribution in [3.63, 3.8) is 0 Å². The highest BCUT2D eigenvalue weighted by atomic mass is 35.5. The van der Waals surface area contributed by atoms with Gasteiger partial charge in [-0.15, -0.1) is 10.2 Å². The van der Waals surface area contributed by atoms with Gasteiger partial charge in [-0.25, -0.2) is 9.37 Å². The molecule has 1 atom stereocenters. The second kappa shape index (κ2) is 11.0. The van der Waals surface area contributed by atoms with E-state index >= 15 is 0 Å². The Kier molecular flexibility index (Phi) is 7.57. The highest BCUT2D eigenvalue weighted by Gasteiger charge is 2.26. The summed E-state index contributed by atoms with van der Waals surface area (Å²) in [7, 11) is 0. The van der Waals surface area contributed by atoms with Crippen LogP contribution in [0, 0.1) is 5.82 Å². The third kappa shape index (κ3) is 5.81. The Morgan fingerprint density at radius 1 is 1.11 bits per heavy atom. The highest BCUT2D eigenvalue weighted by molar-refractivity contribution is 6.30. The number of aliphatic hydroxyl groups is 1. The molecule has 1 unspecified atom stereocenters. The fourth-order valence-corrected chi connectivity index (χ4v) is 4.72. The zero-order valence-corrected chi connectivity index (χ0v) is 20.2. The molecule has 2 aliphatic rings. The largest absolute Gasteiger partial charge is 0.473 e. The molecule has 35 heavy (non-hydrogen) atoms. The van der Waals surface area contributed by atoms with Crippen molar-refractivity contribution in [1.82, 2.24) is 24.6 Å². The molecule has 10 heteroatoms. The number of benzene rings is 1. The predicted molar refractivity (Wildman–Crippen MR) is 128 cm³/mol. The molecule has 2 saturated heterocycles. The Labute approximate surface area is 208 Å². The molecule has 2 aromatic heterocycles. The van der Waals surface area contributed by atoms with Gasteiger partial charge in [-0.05, 0) is 50.6 Å². The Morgan fingerprint density at radius 2 is 1.91 bits per heavy atom. The molecule has 1 N–H and O–H groups in total. The van der Waals surface area contributed by atoms with Gasteiger partial charge in [0.15, 0.2) is 5.82 Å². The van der Waals surface area contributed by atoms with E-state index in [0.717, 1.165) is 50.5 Å². The highest BCUT2D eigenvalue weighted by Crippen LogP contribution is 2.29. The van der Waals surface area contributed by atoms with Crippen LogP contribution in [0.5, 0.6) is 5.88 Å². The van der Waals surface area contributed by atoms with E-state index in [1.165, 1.54) is 6.07 Å². The first-order valence-electron chi connectivity index (χ1n) is 12.0. The first-order chi connectivity index (χ1) is 17.1. The van der Waals surface area contributed by atoms with E-state index in [2.05, 4.69) is 20.1 Å². The van der Waals surface area contributed by atoms with E-state index in [9.17, 15) is 9.50 Å². The zero-order valence-electron chi connectivity index (χ0n) is 19.4. The molecule has 0 saturated carbocycles. The molecule has 0 spiro atoms. The molecule has 1 aromatic carbocycles. The van der Waals surface area contributed by atoms with Crippen molar-refractivity contribution in [1.29, 1.82) is 0 Å². The standard InChI is InChI=1S/C25H29ClFN5O3/c26-19-5-4-18(21(27)12-19)16-35-25-3-1-2-22(28-25)17-6-9-31(10-7-17)14-23-29-30-24(15-33)32(23)13-20-8-11-34-20/h1-5,12,17,20,33H,6-11,13-16H2. The predicted octanol–water partition coefficient (Wildman–Crippen LogP) is 3.71. The summed E-state index contributed by atoms with van der Waals surface area (Å²) < 4.78 is 27.4. The number of ether oxygens (including phenoxy) is 2. The maximum atomic E-state index is 14.0. The van der Waals surface area contributed by atoms with Gasteiger partial charge in [-0.3, -0.25) is 4.90 Å². The number of hydrogen-bond donors (Lipinski definition) is 1. The van der Waals surface area contributed by atoms with Crippen LogP contribution in [0.15, 0.2) is 36.4 Å². The topological polar surface area (TPSA) is 85.5 Å². The molecule has 2 aliphatic heterocycles. The average molecular weight is 502 g/mol. The van der Waals surface area contributed by atoms with Gasteiger partial charge in [0.2, 0.25) is 5.88 Å². The SMILES string of the molecule is OCc1nnc(CN2CCC(c3cccc(OCc4ccc(Cl)cc4F)n3)CC2)n1CC1CCO1. The van der Waals surface area contributed by atoms with Crippen LogP contribution >= 0.6 is 11.6 Å². The average Bonchev–Trinajstić information content (AvgIpc) is 3.22. The third-order valence-electron chi connectivity index (χ3n) is 6.73. The van der Waals surface area contributed by atoms with E-state index in [0.29, 0.717) is 41.3 Å². The lowest BCUT2D eigenvalue weighted by atomic mass is 9.93. The minimum absolute atomic E-state index is 0.0975. The fraction of sp³-hybridized carbons (Fsp3) is 0.480. The van der Waals surface area contributed by atoms with Crippen LogP contribution in [-0.2, 0) is 31.0 Å². The van der Waals surface area contributed by atoms with Crippen LogP contribution in [0.2, 0.25) is 5.02 Å². The van der Waals surface area contributed by atoms with Gasteiger partial charge in [0.05, 0.1) is 19.2 Å². The van der Waals surface area contributed by atoms with Crippen molar-refractivity contribution in [3.8, 4) is 5.88 Å². The zero-order chi connectivity index (χ0) is 24.2. The van der Waals surface area contributed by atoms with E-state index in [-0.39, 0.29) is 25.1 Å². The minimum atomic E-state index is -0.386. The molecule has 186 valence electrons. The molecule has 4 heterocycles. The molecule has 0 aliphatic carbocycles. The third-order valence-corrected chi connectivity index (χ3v) is 6.97. The molecular weight excluding hydrogens is 473 g/mol. The molecule has 3 aromatic rings. The molecule has 2 fully saturated rings. The van der Waals surface area contributed by atoms with Crippen LogP contribution in [0.25, 0.3) is 0 Å². The van der Waals surface area contributed by atoms with E-state index < -0.39 is 0 Å². The van der Waals surface area contributed by atoms with Crippen LogP contribution in [-0.4, -0.2) is 55.6 Å². The Hall–Kier alpha value is -2.59. The summed E-state index contributed by atoms with van der Waals surface area (Å²) in [6.07, 6.45) is 3.14. The lowest BCUT2D eigenvalue weighted by molar-refractivity contribution is -0.0605. The first kappa shape index (κ1) is 24.1. The number of hydrogen-bond acceptors (Lipinski definition) is 7. The van der Waals surface area contributed by atoms with Crippen molar-refractivity contribution in [2.24, 2.45) is 0 Å². The van der Waals surface area contributed by atoms with Gasteiger partial charge in [-0.2, -0.15) is 0 Å². The number of aromatic nitrogens is 4. The van der Waals surface area contributed by atoms with Crippen LogP contribution in [0.4, 0.5) is 4.39 Å². The smallest absolute Gasteiger partial charge is 0.213 e. The van der Waals surface area contributed by atoms with Crippen molar-refractivity contribution in [2.75, 3.05) is 19.7 Å². The molecular formula is C25H29ClFN5O3. The first-order valence-corrected chi connectivity index (χ1v) is 12.4. The van der Waals surface area contributed by atoms with E-state index in [4.69, 9.17) is 21.1 Å². The summed E-state index contributed by atoms with van der Waals surface area (Å²) in [6, 6.07) is 10.3. The van der Waals surface area contributed by atoms with E-state index in [1.54, 1.807) is 18.2 Å². The van der Waals surface area contributed by atoms with Crippen LogP contribution < -0.4 is 4.74 Å². The number of nitrogens with zero attached hydrogens (tertiary/aromatic N) is 5. The summed E-state index contributed by atoms with van der Waals surface area (Å²) in [5, 5.41) is 18.5. The van der Waals surface area contributed by atoms with Gasteiger partial charge >= 0.3 is 0 Å². The normalized spacial score (nSPS) is 19.0. The monoisotopic (exact) mass is 501 g/mol. The number of pyridine rings is 1. The van der Waals surface area contributed by atoms with E-state index in [1.807, 2.05) is 16.7 Å². The van der Waals surface area contributed by atoms with Crippen molar-refractivity contribution >= 4 is 11.6 Å². The van der Waals surface area contributed by atoms with Crippen molar-refractivity contribution in [3.05, 3.63) is 70.1 Å². The quantitative estimate of drug-likeness (QED) is 0.478. The Balaban J connectivity index is 1.16. The van der Waals surface area contributed by atoms with Gasteiger partial charge in [0.25, 0.3) is 0 Å². The number of piperidine rings is 1. The summed E-state index contributed by atoms with van der Waals surface area (Å²) >= 11 is 5.82. The molecule has 0 bridgehead atoms. The lowest BCUT2D eigenvalue weighted by Crippen LogP contribution is -2.35. The lowest BCUT2D eigenvalue weighted by Gasteiger charge is -2.32. The van der Waals surface area contributed by atoms with Gasteiger partial charge < -0.3 is 19.1 Å². The molecule has 0 radical (unpaired) electrons. The van der Waals surface area contributed by atoms with Crippen molar-refractivity contribution in [2.45, 2.75) is 57.6 Å². The van der Waals surface area contributed by atoms with Crippen molar-refractivity contribution < 1.29 is 19.0 Å². The maximum absolute atomic E-state index is 14.0. The molecule has 5 rings (SSSR count). The maximum Gasteiger partial charge on any atom is 0.213 e. The van der Waals surface area contributed by atoms with Crippen LogP contribution in [0.3, 0.4) is 0 Å². The summed E-state index contributed by atoms with van der Waals surface area (Å²) in [5.41, 5.74) is 1.43.